The van der Waals surface area contributed by atoms with E-state index in [2.05, 4.69) is 70.4 Å². The molecule has 2 aromatic rings. The van der Waals surface area contributed by atoms with Crippen molar-refractivity contribution in [1.82, 2.24) is 10.3 Å². The molecular formula is C17H21BrN2. The Morgan fingerprint density at radius 2 is 1.95 bits per heavy atom. The molecule has 20 heavy (non-hydrogen) atoms. The lowest BCUT2D eigenvalue weighted by Gasteiger charge is -2.19. The normalized spacial score (nSPS) is 12.3. The molecule has 1 heterocycles. The molecule has 0 radical (unpaired) electrons. The molecule has 0 saturated carbocycles. The maximum absolute atomic E-state index is 4.57. The lowest BCUT2D eigenvalue weighted by atomic mass is 10.0. The fourth-order valence-corrected chi connectivity index (χ4v) is 2.85. The molecular weight excluding hydrogens is 312 g/mol. The van der Waals surface area contributed by atoms with Gasteiger partial charge in [-0.1, -0.05) is 54.0 Å². The van der Waals surface area contributed by atoms with Gasteiger partial charge >= 0.3 is 0 Å². The number of hydrogen-bond donors (Lipinski definition) is 1. The van der Waals surface area contributed by atoms with Crippen LogP contribution in [0.4, 0.5) is 0 Å². The number of nitrogens with zero attached hydrogens (tertiary/aromatic N) is 1. The zero-order chi connectivity index (χ0) is 14.4. The van der Waals surface area contributed by atoms with Gasteiger partial charge in [0.1, 0.15) is 0 Å². The number of nitrogens with one attached hydrogen (secondary N) is 1. The Kier molecular flexibility index (Phi) is 5.74. The second-order valence-electron chi connectivity index (χ2n) is 4.85. The Labute approximate surface area is 129 Å². The summed E-state index contributed by atoms with van der Waals surface area (Å²) in [5, 5.41) is 3.55. The van der Waals surface area contributed by atoms with Gasteiger partial charge in [0, 0.05) is 28.8 Å². The minimum absolute atomic E-state index is 0.288. The average Bonchev–Trinajstić information content (AvgIpc) is 2.48. The van der Waals surface area contributed by atoms with E-state index in [1.165, 1.54) is 11.1 Å². The number of likely N-dealkylation sites (N-methyl/N-ethyl adjacent to an activating group) is 1. The number of aromatic nitrogens is 1. The van der Waals surface area contributed by atoms with Crippen molar-refractivity contribution in [3.63, 3.8) is 0 Å². The number of aryl methyl sites for hydroxylation is 1. The molecule has 106 valence electrons. The Morgan fingerprint density at radius 1 is 1.15 bits per heavy atom. The predicted molar refractivity (Wildman–Crippen MR) is 87.9 cm³/mol. The first-order valence-electron chi connectivity index (χ1n) is 7.16. The smallest absolute Gasteiger partial charge is 0.0422 e. The van der Waals surface area contributed by atoms with Crippen LogP contribution < -0.4 is 5.32 Å². The summed E-state index contributed by atoms with van der Waals surface area (Å²) in [7, 11) is 0. The third-order valence-electron chi connectivity index (χ3n) is 3.44. The lowest BCUT2D eigenvalue weighted by Crippen LogP contribution is -2.23. The van der Waals surface area contributed by atoms with Gasteiger partial charge in [0.2, 0.25) is 0 Å². The van der Waals surface area contributed by atoms with Gasteiger partial charge in [0.25, 0.3) is 0 Å². The Balaban J connectivity index is 2.18. The molecule has 0 aliphatic heterocycles. The van der Waals surface area contributed by atoms with Crippen LogP contribution >= 0.6 is 15.9 Å². The highest BCUT2D eigenvalue weighted by atomic mass is 79.9. The van der Waals surface area contributed by atoms with Crippen molar-refractivity contribution < 1.29 is 0 Å². The molecule has 2 rings (SSSR count). The van der Waals surface area contributed by atoms with Gasteiger partial charge in [-0.15, -0.1) is 0 Å². The molecule has 3 heteroatoms. The van der Waals surface area contributed by atoms with Crippen molar-refractivity contribution in [1.29, 1.82) is 0 Å². The van der Waals surface area contributed by atoms with E-state index in [4.69, 9.17) is 0 Å². The molecule has 0 spiro atoms. The summed E-state index contributed by atoms with van der Waals surface area (Å²) < 4.78 is 1.15. The standard InChI is InChI=1S/C17H21BrN2/c1-3-13-9-10-14(20-12-13)11-17(19-4-2)15-7-5-6-8-16(15)18/h5-10,12,17,19H,3-4,11H2,1-2H3. The summed E-state index contributed by atoms with van der Waals surface area (Å²) in [4.78, 5) is 4.57. The molecule has 2 nitrogen and oxygen atoms in total. The van der Waals surface area contributed by atoms with Crippen molar-refractivity contribution >= 4 is 15.9 Å². The first kappa shape index (κ1) is 15.2. The quantitative estimate of drug-likeness (QED) is 0.853. The molecule has 0 bridgehead atoms. The van der Waals surface area contributed by atoms with E-state index in [9.17, 15) is 0 Å². The number of hydrogen-bond acceptors (Lipinski definition) is 2. The van der Waals surface area contributed by atoms with Crippen molar-refractivity contribution in [2.24, 2.45) is 0 Å². The zero-order valence-corrected chi connectivity index (χ0v) is 13.7. The van der Waals surface area contributed by atoms with Crippen LogP contribution in [0, 0.1) is 0 Å². The van der Waals surface area contributed by atoms with Gasteiger partial charge in [-0.05, 0) is 36.2 Å². The monoisotopic (exact) mass is 332 g/mol. The van der Waals surface area contributed by atoms with Crippen LogP contribution in [0.3, 0.4) is 0 Å². The summed E-state index contributed by atoms with van der Waals surface area (Å²) in [5.41, 5.74) is 3.70. The maximum atomic E-state index is 4.57. The number of benzene rings is 1. The summed E-state index contributed by atoms with van der Waals surface area (Å²) in [6, 6.07) is 13.0. The van der Waals surface area contributed by atoms with Crippen LogP contribution in [0.25, 0.3) is 0 Å². The van der Waals surface area contributed by atoms with Crippen LogP contribution in [-0.4, -0.2) is 11.5 Å². The molecule has 0 aliphatic carbocycles. The minimum atomic E-state index is 0.288. The zero-order valence-electron chi connectivity index (χ0n) is 12.1. The molecule has 0 saturated heterocycles. The topological polar surface area (TPSA) is 24.9 Å². The summed E-state index contributed by atoms with van der Waals surface area (Å²) in [5.74, 6) is 0. The second kappa shape index (κ2) is 7.55. The Bertz CT molecular complexity index is 537. The number of pyridine rings is 1. The van der Waals surface area contributed by atoms with Crippen LogP contribution in [-0.2, 0) is 12.8 Å². The molecule has 1 unspecified atom stereocenters. The van der Waals surface area contributed by atoms with Crippen LogP contribution in [0.2, 0.25) is 0 Å². The molecule has 0 amide bonds. The Hall–Kier alpha value is -1.19. The van der Waals surface area contributed by atoms with E-state index in [1.54, 1.807) is 0 Å². The fourth-order valence-electron chi connectivity index (χ4n) is 2.29. The van der Waals surface area contributed by atoms with E-state index < -0.39 is 0 Å². The first-order valence-corrected chi connectivity index (χ1v) is 7.95. The van der Waals surface area contributed by atoms with Gasteiger partial charge in [-0.25, -0.2) is 0 Å². The van der Waals surface area contributed by atoms with Crippen LogP contribution in [0.1, 0.15) is 36.7 Å². The van der Waals surface area contributed by atoms with Crippen molar-refractivity contribution in [2.45, 2.75) is 32.7 Å². The highest BCUT2D eigenvalue weighted by Crippen LogP contribution is 2.25. The molecule has 0 aliphatic rings. The highest BCUT2D eigenvalue weighted by Gasteiger charge is 2.14. The minimum Gasteiger partial charge on any atom is -0.310 e. The second-order valence-corrected chi connectivity index (χ2v) is 5.70. The van der Waals surface area contributed by atoms with Gasteiger partial charge in [0.15, 0.2) is 0 Å². The van der Waals surface area contributed by atoms with Crippen LogP contribution in [0.5, 0.6) is 0 Å². The summed E-state index contributed by atoms with van der Waals surface area (Å²) in [6.45, 7) is 5.23. The van der Waals surface area contributed by atoms with Gasteiger partial charge in [0.05, 0.1) is 0 Å². The van der Waals surface area contributed by atoms with Crippen LogP contribution in [0.15, 0.2) is 47.1 Å². The lowest BCUT2D eigenvalue weighted by molar-refractivity contribution is 0.542. The largest absolute Gasteiger partial charge is 0.310 e. The van der Waals surface area contributed by atoms with Crippen molar-refractivity contribution in [3.8, 4) is 0 Å². The summed E-state index contributed by atoms with van der Waals surface area (Å²) in [6.07, 6.45) is 3.92. The van der Waals surface area contributed by atoms with Crippen molar-refractivity contribution in [2.75, 3.05) is 6.54 Å². The van der Waals surface area contributed by atoms with E-state index in [0.717, 1.165) is 29.6 Å². The fraction of sp³-hybridized carbons (Fsp3) is 0.353. The molecule has 1 atom stereocenters. The summed E-state index contributed by atoms with van der Waals surface area (Å²) >= 11 is 3.64. The van der Waals surface area contributed by atoms with Gasteiger partial charge in [-0.2, -0.15) is 0 Å². The van der Waals surface area contributed by atoms with Crippen molar-refractivity contribution in [3.05, 3.63) is 63.9 Å². The number of rotatable bonds is 6. The molecule has 0 fully saturated rings. The Morgan fingerprint density at radius 3 is 2.55 bits per heavy atom. The average molecular weight is 333 g/mol. The molecule has 1 N–H and O–H groups in total. The predicted octanol–water partition coefficient (Wildman–Crippen LogP) is 4.30. The van der Waals surface area contributed by atoms with E-state index in [1.807, 2.05) is 12.3 Å². The van der Waals surface area contributed by atoms with E-state index in [-0.39, 0.29) is 6.04 Å². The van der Waals surface area contributed by atoms with E-state index >= 15 is 0 Å². The molecule has 1 aromatic heterocycles. The van der Waals surface area contributed by atoms with Gasteiger partial charge < -0.3 is 5.32 Å². The first-order chi connectivity index (χ1) is 9.74. The van der Waals surface area contributed by atoms with Gasteiger partial charge in [-0.3, -0.25) is 4.98 Å². The maximum Gasteiger partial charge on any atom is 0.0422 e. The highest BCUT2D eigenvalue weighted by molar-refractivity contribution is 9.10. The third kappa shape index (κ3) is 3.90. The molecule has 1 aromatic carbocycles. The number of halogens is 1. The third-order valence-corrected chi connectivity index (χ3v) is 4.16. The van der Waals surface area contributed by atoms with E-state index in [0.29, 0.717) is 0 Å². The SMILES string of the molecule is CCNC(Cc1ccc(CC)cn1)c1ccccc1Br.